The molecule has 0 aromatic heterocycles. The Morgan fingerprint density at radius 3 is 2.14 bits per heavy atom. The van der Waals surface area contributed by atoms with Gasteiger partial charge in [0.25, 0.3) is 0 Å². The molecule has 1 atom stereocenters. The number of hydrogen-bond donors (Lipinski definition) is 1. The normalized spacial score (nSPS) is 17.3. The summed E-state index contributed by atoms with van der Waals surface area (Å²) in [4.78, 5) is 1.65. The van der Waals surface area contributed by atoms with E-state index in [9.17, 15) is 22.0 Å². The fourth-order valence-electron chi connectivity index (χ4n) is 2.39. The Hall–Kier alpha value is -0.630. The number of nitrogens with one attached hydrogen (secondary N) is 1. The molecular weight excluding hydrogens is 350 g/mol. The van der Waals surface area contributed by atoms with E-state index in [1.54, 1.807) is 4.90 Å². The second-order valence-corrected chi connectivity index (χ2v) is 4.79. The van der Waals surface area contributed by atoms with Gasteiger partial charge in [0.15, 0.2) is 11.6 Å². The Labute approximate surface area is 137 Å². The first-order valence-corrected chi connectivity index (χ1v) is 6.33. The van der Waals surface area contributed by atoms with Gasteiger partial charge in [0, 0.05) is 32.2 Å². The van der Waals surface area contributed by atoms with E-state index in [0.717, 1.165) is 12.1 Å². The van der Waals surface area contributed by atoms with Crippen LogP contribution in [0, 0.1) is 11.6 Å². The Kier molecular flexibility index (Phi) is 8.61. The number of halogens is 7. The molecule has 1 N–H and O–H groups in total. The van der Waals surface area contributed by atoms with Gasteiger partial charge in [0.2, 0.25) is 0 Å². The molecule has 1 aromatic carbocycles. The first-order valence-electron chi connectivity index (χ1n) is 6.33. The number of rotatable bonds is 3. The molecule has 0 saturated carbocycles. The number of piperazine rings is 1. The highest BCUT2D eigenvalue weighted by Gasteiger charge is 2.36. The first-order chi connectivity index (χ1) is 9.37. The maximum atomic E-state index is 13.3. The van der Waals surface area contributed by atoms with Crippen molar-refractivity contribution in [3.63, 3.8) is 0 Å². The van der Waals surface area contributed by atoms with Crippen LogP contribution in [0.5, 0.6) is 0 Å². The molecule has 0 radical (unpaired) electrons. The van der Waals surface area contributed by atoms with Gasteiger partial charge in [-0.15, -0.1) is 24.8 Å². The summed E-state index contributed by atoms with van der Waals surface area (Å²) >= 11 is 0. The van der Waals surface area contributed by atoms with Gasteiger partial charge in [-0.25, -0.2) is 8.78 Å². The number of nitrogens with zero attached hydrogens (tertiary/aromatic N) is 1. The van der Waals surface area contributed by atoms with Crippen LogP contribution >= 0.6 is 24.8 Å². The van der Waals surface area contributed by atoms with Gasteiger partial charge in [-0.05, 0) is 17.7 Å². The molecule has 1 aliphatic rings. The van der Waals surface area contributed by atoms with Crippen LogP contribution in [0.25, 0.3) is 0 Å². The van der Waals surface area contributed by atoms with E-state index in [2.05, 4.69) is 5.32 Å². The Balaban J connectivity index is 0.00000220. The van der Waals surface area contributed by atoms with Crippen LogP contribution in [0.2, 0.25) is 0 Å². The van der Waals surface area contributed by atoms with Gasteiger partial charge in [0.05, 0.1) is 6.42 Å². The van der Waals surface area contributed by atoms with Crippen molar-refractivity contribution in [2.24, 2.45) is 0 Å². The van der Waals surface area contributed by atoms with Gasteiger partial charge >= 0.3 is 6.18 Å². The standard InChI is InChI=1S/C13H15F5N2.2ClH/c14-10-2-1-9(7-11(10)15)12(8-13(16,17)18)20-5-3-19-4-6-20;;/h1-2,7,12,19H,3-6,8H2;2*1H/t12-;;/m1../s1. The molecule has 1 fully saturated rings. The molecule has 1 aromatic rings. The van der Waals surface area contributed by atoms with E-state index in [0.29, 0.717) is 26.2 Å². The molecule has 2 nitrogen and oxygen atoms in total. The molecule has 0 unspecified atom stereocenters. The van der Waals surface area contributed by atoms with Crippen LogP contribution in [0.3, 0.4) is 0 Å². The number of alkyl halides is 3. The summed E-state index contributed by atoms with van der Waals surface area (Å²) in [6.45, 7) is 2.05. The van der Waals surface area contributed by atoms with Crippen molar-refractivity contribution in [2.45, 2.75) is 18.6 Å². The highest BCUT2D eigenvalue weighted by molar-refractivity contribution is 5.85. The van der Waals surface area contributed by atoms with E-state index in [1.807, 2.05) is 0 Å². The van der Waals surface area contributed by atoms with E-state index >= 15 is 0 Å². The lowest BCUT2D eigenvalue weighted by Gasteiger charge is -2.35. The fourth-order valence-corrected chi connectivity index (χ4v) is 2.39. The van der Waals surface area contributed by atoms with Crippen LogP contribution < -0.4 is 5.32 Å². The second-order valence-electron chi connectivity index (χ2n) is 4.79. The van der Waals surface area contributed by atoms with Crippen molar-refractivity contribution < 1.29 is 22.0 Å². The van der Waals surface area contributed by atoms with Gasteiger partial charge in [-0.3, -0.25) is 4.90 Å². The first kappa shape index (κ1) is 21.4. The van der Waals surface area contributed by atoms with Crippen molar-refractivity contribution in [2.75, 3.05) is 26.2 Å². The smallest absolute Gasteiger partial charge is 0.314 e. The zero-order valence-corrected chi connectivity index (χ0v) is 13.1. The highest BCUT2D eigenvalue weighted by Crippen LogP contribution is 2.34. The SMILES string of the molecule is Cl.Cl.Fc1ccc([C@@H](CC(F)(F)F)N2CCNCC2)cc1F. The van der Waals surface area contributed by atoms with Gasteiger partial charge in [-0.1, -0.05) is 6.07 Å². The van der Waals surface area contributed by atoms with E-state index < -0.39 is 30.3 Å². The molecule has 9 heteroatoms. The predicted octanol–water partition coefficient (Wildman–Crippen LogP) is 3.71. The topological polar surface area (TPSA) is 15.3 Å². The summed E-state index contributed by atoms with van der Waals surface area (Å²) in [7, 11) is 0. The largest absolute Gasteiger partial charge is 0.390 e. The van der Waals surface area contributed by atoms with E-state index in [1.165, 1.54) is 6.07 Å². The quantitative estimate of drug-likeness (QED) is 0.820. The van der Waals surface area contributed by atoms with Crippen LogP contribution in [-0.2, 0) is 0 Å². The maximum Gasteiger partial charge on any atom is 0.390 e. The number of hydrogen-bond acceptors (Lipinski definition) is 2. The summed E-state index contributed by atoms with van der Waals surface area (Å²) in [5.41, 5.74) is 0.156. The van der Waals surface area contributed by atoms with E-state index in [-0.39, 0.29) is 30.4 Å². The summed E-state index contributed by atoms with van der Waals surface area (Å²) in [6.07, 6.45) is -5.43. The molecular formula is C13H17Cl2F5N2. The third-order valence-corrected chi connectivity index (χ3v) is 3.35. The molecule has 1 saturated heterocycles. The Morgan fingerprint density at radius 1 is 1.05 bits per heavy atom. The minimum Gasteiger partial charge on any atom is -0.314 e. The van der Waals surface area contributed by atoms with Crippen LogP contribution in [0.15, 0.2) is 18.2 Å². The van der Waals surface area contributed by atoms with Crippen molar-refractivity contribution in [3.05, 3.63) is 35.4 Å². The monoisotopic (exact) mass is 366 g/mol. The lowest BCUT2D eigenvalue weighted by atomic mass is 10.0. The molecule has 2 rings (SSSR count). The molecule has 1 heterocycles. The molecule has 0 aliphatic carbocycles. The fraction of sp³-hybridized carbons (Fsp3) is 0.538. The second kappa shape index (κ2) is 8.86. The minimum atomic E-state index is -4.36. The van der Waals surface area contributed by atoms with Gasteiger partial charge < -0.3 is 5.32 Å². The average molecular weight is 367 g/mol. The highest BCUT2D eigenvalue weighted by atomic mass is 35.5. The maximum absolute atomic E-state index is 13.3. The lowest BCUT2D eigenvalue weighted by Crippen LogP contribution is -2.46. The van der Waals surface area contributed by atoms with Crippen LogP contribution in [0.1, 0.15) is 18.0 Å². The predicted molar refractivity (Wildman–Crippen MR) is 78.7 cm³/mol. The molecule has 22 heavy (non-hydrogen) atoms. The summed E-state index contributed by atoms with van der Waals surface area (Å²) in [6, 6.07) is 1.97. The van der Waals surface area contributed by atoms with E-state index in [4.69, 9.17) is 0 Å². The third kappa shape index (κ3) is 5.87. The zero-order valence-electron chi connectivity index (χ0n) is 11.5. The Morgan fingerprint density at radius 2 is 1.64 bits per heavy atom. The number of benzene rings is 1. The molecule has 0 bridgehead atoms. The molecule has 1 aliphatic heterocycles. The zero-order chi connectivity index (χ0) is 14.8. The van der Waals surface area contributed by atoms with Gasteiger partial charge in [-0.2, -0.15) is 13.2 Å². The van der Waals surface area contributed by atoms with Crippen LogP contribution in [0.4, 0.5) is 22.0 Å². The molecule has 0 spiro atoms. The molecule has 0 amide bonds. The molecule has 128 valence electrons. The summed E-state index contributed by atoms with van der Waals surface area (Å²) < 4.78 is 64.3. The Bertz CT molecular complexity index is 464. The van der Waals surface area contributed by atoms with Crippen molar-refractivity contribution in [3.8, 4) is 0 Å². The average Bonchev–Trinajstić information content (AvgIpc) is 2.39. The van der Waals surface area contributed by atoms with Crippen molar-refractivity contribution in [1.29, 1.82) is 0 Å². The lowest BCUT2D eigenvalue weighted by molar-refractivity contribution is -0.148. The van der Waals surface area contributed by atoms with Crippen molar-refractivity contribution in [1.82, 2.24) is 10.2 Å². The van der Waals surface area contributed by atoms with Crippen LogP contribution in [-0.4, -0.2) is 37.3 Å². The minimum absolute atomic E-state index is 0. The third-order valence-electron chi connectivity index (χ3n) is 3.35. The summed E-state index contributed by atoms with van der Waals surface area (Å²) in [5, 5.41) is 3.05. The summed E-state index contributed by atoms with van der Waals surface area (Å²) in [5.74, 6) is -2.18. The van der Waals surface area contributed by atoms with Gasteiger partial charge in [0.1, 0.15) is 0 Å². The van der Waals surface area contributed by atoms with Crippen molar-refractivity contribution >= 4 is 24.8 Å².